The summed E-state index contributed by atoms with van der Waals surface area (Å²) in [7, 11) is 0. The maximum absolute atomic E-state index is 5.86. The van der Waals surface area contributed by atoms with Gasteiger partial charge in [-0.2, -0.15) is 5.10 Å². The van der Waals surface area contributed by atoms with E-state index in [1.54, 1.807) is 0 Å². The molecule has 26 heavy (non-hydrogen) atoms. The predicted molar refractivity (Wildman–Crippen MR) is 98.9 cm³/mol. The Balaban J connectivity index is 1.75. The van der Waals surface area contributed by atoms with E-state index in [0.717, 1.165) is 57.5 Å². The highest BCUT2D eigenvalue weighted by Gasteiger charge is 2.24. The van der Waals surface area contributed by atoms with Gasteiger partial charge in [0.15, 0.2) is 11.5 Å². The van der Waals surface area contributed by atoms with E-state index < -0.39 is 0 Å². The van der Waals surface area contributed by atoms with Crippen molar-refractivity contribution in [3.8, 4) is 11.5 Å². The minimum Gasteiger partial charge on any atom is -0.454 e. The smallest absolute Gasteiger partial charge is 0.231 e. The van der Waals surface area contributed by atoms with E-state index in [1.165, 1.54) is 0 Å². The third-order valence-electron chi connectivity index (χ3n) is 4.76. The quantitative estimate of drug-likeness (QED) is 0.566. The van der Waals surface area contributed by atoms with Gasteiger partial charge in [0.25, 0.3) is 0 Å². The van der Waals surface area contributed by atoms with Crippen molar-refractivity contribution in [1.29, 1.82) is 0 Å². The number of hydrogen-bond donors (Lipinski definition) is 1. The summed E-state index contributed by atoms with van der Waals surface area (Å²) >= 11 is 0. The lowest BCUT2D eigenvalue weighted by molar-refractivity contribution is 0.174. The van der Waals surface area contributed by atoms with E-state index in [4.69, 9.17) is 25.3 Å². The van der Waals surface area contributed by atoms with Crippen LogP contribution in [0.1, 0.15) is 35.1 Å². The lowest BCUT2D eigenvalue weighted by Crippen LogP contribution is -2.07. The molecule has 6 nitrogen and oxygen atoms in total. The second-order valence-electron chi connectivity index (χ2n) is 6.46. The fourth-order valence-electron chi connectivity index (χ4n) is 3.38. The maximum atomic E-state index is 5.86. The van der Waals surface area contributed by atoms with Crippen LogP contribution in [0.25, 0.3) is 0 Å². The van der Waals surface area contributed by atoms with Gasteiger partial charge in [-0.05, 0) is 36.2 Å². The molecule has 2 aromatic carbocycles. The average molecular weight is 346 g/mol. The molecule has 0 fully saturated rings. The minimum absolute atomic E-state index is 0.251. The molecule has 2 N–H and O–H groups in total. The maximum Gasteiger partial charge on any atom is 0.231 e. The van der Waals surface area contributed by atoms with Gasteiger partial charge in [-0.3, -0.25) is 0 Å². The summed E-state index contributed by atoms with van der Waals surface area (Å²) < 4.78 is 13.0. The van der Waals surface area contributed by atoms with Crippen LogP contribution >= 0.6 is 0 Å². The van der Waals surface area contributed by atoms with Crippen LogP contribution in [0.2, 0.25) is 0 Å². The zero-order valence-electron chi connectivity index (χ0n) is 14.4. The molecule has 2 aliphatic heterocycles. The molecule has 0 radical (unpaired) electrons. The number of rotatable bonds is 2. The van der Waals surface area contributed by atoms with Crippen molar-refractivity contribution in [2.24, 2.45) is 5.10 Å². The number of aromatic nitrogens is 2. The number of nitrogen functional groups attached to an aromatic ring is 1. The fraction of sp³-hybridized carbons (Fsp3) is 0.200. The topological polar surface area (TPSA) is 74.7 Å². The predicted octanol–water partition coefficient (Wildman–Crippen LogP) is 2.96. The van der Waals surface area contributed by atoms with Crippen molar-refractivity contribution < 1.29 is 9.47 Å². The second-order valence-corrected chi connectivity index (χ2v) is 6.46. The van der Waals surface area contributed by atoms with Gasteiger partial charge in [0.1, 0.15) is 5.82 Å². The van der Waals surface area contributed by atoms with E-state index in [1.807, 2.05) is 47.3 Å². The largest absolute Gasteiger partial charge is 0.454 e. The highest BCUT2D eigenvalue weighted by atomic mass is 16.7. The Morgan fingerprint density at radius 2 is 1.88 bits per heavy atom. The third-order valence-corrected chi connectivity index (χ3v) is 4.76. The first-order valence-electron chi connectivity index (χ1n) is 8.66. The number of benzene rings is 2. The minimum atomic E-state index is 0.251. The van der Waals surface area contributed by atoms with E-state index in [2.05, 4.69) is 6.92 Å². The average Bonchev–Trinajstić information content (AvgIpc) is 3.23. The first-order chi connectivity index (χ1) is 12.7. The van der Waals surface area contributed by atoms with E-state index in [-0.39, 0.29) is 6.79 Å². The molecule has 3 aromatic rings. The second kappa shape index (κ2) is 5.62. The van der Waals surface area contributed by atoms with Crippen LogP contribution in [0.5, 0.6) is 11.5 Å². The molecule has 0 aliphatic carbocycles. The summed E-state index contributed by atoms with van der Waals surface area (Å²) in [5.41, 5.74) is 11.6. The molecule has 0 spiro atoms. The molecule has 130 valence electrons. The Morgan fingerprint density at radius 1 is 1.12 bits per heavy atom. The summed E-state index contributed by atoms with van der Waals surface area (Å²) in [6.07, 6.45) is 3.56. The first-order valence-corrected chi connectivity index (χ1v) is 8.66. The number of aryl methyl sites for hydroxylation is 1. The van der Waals surface area contributed by atoms with Gasteiger partial charge in [-0.15, -0.1) is 0 Å². The number of imidazole rings is 1. The van der Waals surface area contributed by atoms with Gasteiger partial charge < -0.3 is 15.2 Å². The Hall–Kier alpha value is -3.28. The van der Waals surface area contributed by atoms with E-state index in [9.17, 15) is 0 Å². The Labute approximate surface area is 150 Å². The van der Waals surface area contributed by atoms with Crippen LogP contribution in [0.4, 0.5) is 5.69 Å². The van der Waals surface area contributed by atoms with Crippen molar-refractivity contribution in [2.45, 2.75) is 19.8 Å². The molecular weight excluding hydrogens is 328 g/mol. The summed E-state index contributed by atoms with van der Waals surface area (Å²) in [4.78, 5) is 4.73. The molecule has 3 heterocycles. The van der Waals surface area contributed by atoms with Crippen molar-refractivity contribution in [1.82, 2.24) is 9.66 Å². The van der Waals surface area contributed by atoms with Crippen LogP contribution in [-0.2, 0) is 12.8 Å². The van der Waals surface area contributed by atoms with E-state index >= 15 is 0 Å². The van der Waals surface area contributed by atoms with E-state index in [0.29, 0.717) is 6.42 Å². The van der Waals surface area contributed by atoms with Gasteiger partial charge in [0.05, 0.1) is 17.6 Å². The monoisotopic (exact) mass is 346 g/mol. The van der Waals surface area contributed by atoms with Crippen molar-refractivity contribution in [3.05, 3.63) is 70.8 Å². The molecule has 0 saturated carbocycles. The summed E-state index contributed by atoms with van der Waals surface area (Å²) in [5.74, 6) is 2.45. The number of nitrogens with zero attached hydrogens (tertiary/aromatic N) is 3. The summed E-state index contributed by atoms with van der Waals surface area (Å²) in [6.45, 7) is 2.35. The lowest BCUT2D eigenvalue weighted by Gasteiger charge is -2.11. The first kappa shape index (κ1) is 15.0. The highest BCUT2D eigenvalue weighted by Crippen LogP contribution is 2.37. The van der Waals surface area contributed by atoms with Gasteiger partial charge in [-0.1, -0.05) is 19.1 Å². The molecule has 0 amide bonds. The fourth-order valence-corrected chi connectivity index (χ4v) is 3.38. The van der Waals surface area contributed by atoms with Crippen LogP contribution in [0.3, 0.4) is 0 Å². The van der Waals surface area contributed by atoms with Crippen LogP contribution in [0.15, 0.2) is 47.7 Å². The molecule has 2 aliphatic rings. The van der Waals surface area contributed by atoms with Crippen LogP contribution in [-0.4, -0.2) is 22.2 Å². The number of hydrogen-bond acceptors (Lipinski definition) is 5. The molecule has 6 heteroatoms. The molecule has 0 atom stereocenters. The summed E-state index contributed by atoms with van der Waals surface area (Å²) in [5, 5.41) is 4.91. The molecule has 1 aromatic heterocycles. The normalized spacial score (nSPS) is 14.4. The Morgan fingerprint density at radius 3 is 2.65 bits per heavy atom. The van der Waals surface area contributed by atoms with Crippen molar-refractivity contribution >= 4 is 11.4 Å². The van der Waals surface area contributed by atoms with Gasteiger partial charge in [0, 0.05) is 23.2 Å². The Kier molecular flexibility index (Phi) is 3.25. The van der Waals surface area contributed by atoms with Gasteiger partial charge in [0.2, 0.25) is 6.79 Å². The summed E-state index contributed by atoms with van der Waals surface area (Å²) in [6, 6.07) is 11.8. The van der Waals surface area contributed by atoms with Gasteiger partial charge in [-0.25, -0.2) is 9.66 Å². The highest BCUT2D eigenvalue weighted by molar-refractivity contribution is 6.14. The zero-order chi connectivity index (χ0) is 17.7. The molecular formula is C20H18N4O2. The van der Waals surface area contributed by atoms with Crippen molar-refractivity contribution in [2.75, 3.05) is 12.5 Å². The Bertz CT molecular complexity index is 1030. The lowest BCUT2D eigenvalue weighted by atomic mass is 9.95. The number of ether oxygens (including phenoxy) is 2. The molecule has 5 rings (SSSR count). The van der Waals surface area contributed by atoms with Crippen LogP contribution in [0, 0.1) is 0 Å². The molecule has 0 bridgehead atoms. The zero-order valence-corrected chi connectivity index (χ0v) is 14.4. The standard InChI is InChI=1S/C20H18N4O2/c1-2-15-10-24-19(22-15)8-13-7-17-18(26-11-25-17)9-16(13)20(23-24)12-3-5-14(21)6-4-12/h3-7,9-10H,2,8,11,21H2,1H3. The van der Waals surface area contributed by atoms with Gasteiger partial charge >= 0.3 is 0 Å². The SMILES string of the molecule is CCc1cn2c(n1)Cc1cc3c(cc1C(c1ccc(N)cc1)=N2)OCO3. The number of anilines is 1. The molecule has 0 unspecified atom stereocenters. The molecule has 0 saturated heterocycles. The number of fused-ring (bicyclic) bond motifs is 3. The number of nitrogens with two attached hydrogens (primary N) is 1. The van der Waals surface area contributed by atoms with Crippen LogP contribution < -0.4 is 15.2 Å². The third kappa shape index (κ3) is 2.34. The van der Waals surface area contributed by atoms with Crippen molar-refractivity contribution in [3.63, 3.8) is 0 Å².